The fourth-order valence-electron chi connectivity index (χ4n) is 2.72. The maximum absolute atomic E-state index is 12.6. The van der Waals surface area contributed by atoms with Crippen LogP contribution in [0.3, 0.4) is 0 Å². The molecule has 0 aromatic heterocycles. The number of hydrogen-bond donors (Lipinski definition) is 1. The standard InChI is InChI=1S/C20H28O7/c1-12(21)24-11-15(22)14(18(23)27-19(2,3)4)9-13-7-8-16-17(10-13)26-20(5,6)25-16/h7-8,10,14-15,22H,9,11H2,1-6H3/t14-,15-/m0/s1. The Morgan fingerprint density at radius 3 is 2.41 bits per heavy atom. The van der Waals surface area contributed by atoms with Gasteiger partial charge in [0.05, 0.1) is 5.92 Å². The lowest BCUT2D eigenvalue weighted by Crippen LogP contribution is -2.38. The second-order valence-electron chi connectivity index (χ2n) is 8.10. The van der Waals surface area contributed by atoms with Crippen molar-refractivity contribution in [1.29, 1.82) is 0 Å². The number of ether oxygens (including phenoxy) is 4. The highest BCUT2D eigenvalue weighted by molar-refractivity contribution is 5.74. The lowest BCUT2D eigenvalue weighted by Gasteiger charge is -2.26. The molecular formula is C20H28O7. The molecule has 0 unspecified atom stereocenters. The van der Waals surface area contributed by atoms with E-state index in [0.29, 0.717) is 11.5 Å². The predicted octanol–water partition coefficient (Wildman–Crippen LogP) is 2.62. The molecule has 1 aliphatic heterocycles. The van der Waals surface area contributed by atoms with E-state index in [2.05, 4.69) is 0 Å². The summed E-state index contributed by atoms with van der Waals surface area (Å²) in [5.74, 6) is -1.52. The van der Waals surface area contributed by atoms with E-state index in [0.717, 1.165) is 5.56 Å². The maximum Gasteiger partial charge on any atom is 0.312 e. The molecule has 7 heteroatoms. The van der Waals surface area contributed by atoms with Gasteiger partial charge in [0.2, 0.25) is 5.79 Å². The fourth-order valence-corrected chi connectivity index (χ4v) is 2.72. The summed E-state index contributed by atoms with van der Waals surface area (Å²) < 4.78 is 21.7. The molecule has 0 bridgehead atoms. The Balaban J connectivity index is 2.18. The summed E-state index contributed by atoms with van der Waals surface area (Å²) in [7, 11) is 0. The normalized spacial score (nSPS) is 17.1. The van der Waals surface area contributed by atoms with Gasteiger partial charge in [-0.3, -0.25) is 9.59 Å². The highest BCUT2D eigenvalue weighted by Gasteiger charge is 2.34. The van der Waals surface area contributed by atoms with Gasteiger partial charge < -0.3 is 24.1 Å². The molecule has 1 heterocycles. The van der Waals surface area contributed by atoms with Crippen molar-refractivity contribution in [2.75, 3.05) is 6.61 Å². The Hall–Kier alpha value is -2.28. The Labute approximate surface area is 159 Å². The van der Waals surface area contributed by atoms with Gasteiger partial charge in [0.15, 0.2) is 11.5 Å². The van der Waals surface area contributed by atoms with Crippen molar-refractivity contribution < 1.29 is 33.6 Å². The van der Waals surface area contributed by atoms with Crippen LogP contribution in [-0.4, -0.2) is 41.1 Å². The molecule has 7 nitrogen and oxygen atoms in total. The van der Waals surface area contributed by atoms with E-state index in [1.807, 2.05) is 0 Å². The van der Waals surface area contributed by atoms with Crippen LogP contribution in [0, 0.1) is 5.92 Å². The fraction of sp³-hybridized carbons (Fsp3) is 0.600. The van der Waals surface area contributed by atoms with E-state index in [4.69, 9.17) is 18.9 Å². The Morgan fingerprint density at radius 1 is 1.19 bits per heavy atom. The summed E-state index contributed by atoms with van der Waals surface area (Å²) in [5.41, 5.74) is 0.0721. The van der Waals surface area contributed by atoms with Crippen LogP contribution in [0.5, 0.6) is 11.5 Å². The van der Waals surface area contributed by atoms with E-state index < -0.39 is 35.3 Å². The molecule has 0 saturated carbocycles. The van der Waals surface area contributed by atoms with Gasteiger partial charge in [0.1, 0.15) is 18.3 Å². The molecule has 1 aromatic carbocycles. The van der Waals surface area contributed by atoms with Crippen molar-refractivity contribution in [3.63, 3.8) is 0 Å². The van der Waals surface area contributed by atoms with Crippen molar-refractivity contribution >= 4 is 11.9 Å². The topological polar surface area (TPSA) is 91.3 Å². The minimum absolute atomic E-state index is 0.203. The Kier molecular flexibility index (Phi) is 6.04. The monoisotopic (exact) mass is 380 g/mol. The SMILES string of the molecule is CC(=O)OC[C@H](O)[C@H](Cc1ccc2c(c1)OC(C)(C)O2)C(=O)OC(C)(C)C. The first-order valence-corrected chi connectivity index (χ1v) is 8.91. The van der Waals surface area contributed by atoms with Crippen LogP contribution in [0.4, 0.5) is 0 Å². The lowest BCUT2D eigenvalue weighted by molar-refractivity contribution is -0.167. The number of esters is 2. The van der Waals surface area contributed by atoms with Gasteiger partial charge in [-0.25, -0.2) is 0 Å². The molecule has 1 aromatic rings. The number of aliphatic hydroxyl groups is 1. The van der Waals surface area contributed by atoms with E-state index >= 15 is 0 Å². The summed E-state index contributed by atoms with van der Waals surface area (Å²) in [6.45, 7) is 9.83. The zero-order valence-corrected chi connectivity index (χ0v) is 16.7. The quantitative estimate of drug-likeness (QED) is 0.759. The number of hydrogen-bond acceptors (Lipinski definition) is 7. The minimum atomic E-state index is -1.19. The zero-order valence-electron chi connectivity index (χ0n) is 16.7. The largest absolute Gasteiger partial charge is 0.463 e. The van der Waals surface area contributed by atoms with Crippen molar-refractivity contribution in [2.45, 2.75) is 65.5 Å². The first-order chi connectivity index (χ1) is 12.4. The lowest BCUT2D eigenvalue weighted by atomic mass is 9.93. The van der Waals surface area contributed by atoms with Crippen LogP contribution in [0.1, 0.15) is 47.1 Å². The number of carbonyl (C=O) groups is 2. The van der Waals surface area contributed by atoms with Crippen LogP contribution >= 0.6 is 0 Å². The third kappa shape index (κ3) is 6.13. The summed E-state index contributed by atoms with van der Waals surface area (Å²) in [5, 5.41) is 10.4. The first kappa shape index (κ1) is 21.0. The van der Waals surface area contributed by atoms with E-state index in [1.54, 1.807) is 52.8 Å². The molecule has 0 fully saturated rings. The summed E-state index contributed by atoms with van der Waals surface area (Å²) in [6, 6.07) is 5.35. The molecule has 1 N–H and O–H groups in total. The summed E-state index contributed by atoms with van der Waals surface area (Å²) in [4.78, 5) is 23.6. The molecule has 0 saturated heterocycles. The second kappa shape index (κ2) is 7.76. The number of benzene rings is 1. The zero-order chi connectivity index (χ0) is 20.4. The van der Waals surface area contributed by atoms with Crippen LogP contribution in [0.25, 0.3) is 0 Å². The Morgan fingerprint density at radius 2 is 1.81 bits per heavy atom. The molecule has 150 valence electrons. The van der Waals surface area contributed by atoms with Crippen LogP contribution in [0.2, 0.25) is 0 Å². The predicted molar refractivity (Wildman–Crippen MR) is 97.5 cm³/mol. The van der Waals surface area contributed by atoms with Crippen molar-refractivity contribution in [1.82, 2.24) is 0 Å². The van der Waals surface area contributed by atoms with E-state index in [9.17, 15) is 14.7 Å². The molecule has 0 radical (unpaired) electrons. The minimum Gasteiger partial charge on any atom is -0.463 e. The van der Waals surface area contributed by atoms with E-state index in [1.165, 1.54) is 6.92 Å². The molecule has 0 spiro atoms. The maximum atomic E-state index is 12.6. The third-order valence-corrected chi connectivity index (χ3v) is 3.81. The van der Waals surface area contributed by atoms with Gasteiger partial charge in [0, 0.05) is 20.8 Å². The van der Waals surface area contributed by atoms with E-state index in [-0.39, 0.29) is 13.0 Å². The molecular weight excluding hydrogens is 352 g/mol. The molecule has 0 aliphatic carbocycles. The molecule has 2 atom stereocenters. The van der Waals surface area contributed by atoms with Gasteiger partial charge in [0.25, 0.3) is 0 Å². The number of carbonyl (C=O) groups excluding carboxylic acids is 2. The molecule has 2 rings (SSSR count). The number of fused-ring (bicyclic) bond motifs is 1. The number of aliphatic hydroxyl groups excluding tert-OH is 1. The van der Waals surface area contributed by atoms with Gasteiger partial charge in [-0.05, 0) is 44.9 Å². The molecule has 1 aliphatic rings. The third-order valence-electron chi connectivity index (χ3n) is 3.81. The number of rotatable bonds is 6. The molecule has 27 heavy (non-hydrogen) atoms. The smallest absolute Gasteiger partial charge is 0.312 e. The van der Waals surface area contributed by atoms with Gasteiger partial charge in [-0.2, -0.15) is 0 Å². The van der Waals surface area contributed by atoms with Gasteiger partial charge >= 0.3 is 11.9 Å². The van der Waals surface area contributed by atoms with Crippen molar-refractivity contribution in [2.24, 2.45) is 5.92 Å². The van der Waals surface area contributed by atoms with Gasteiger partial charge in [-0.15, -0.1) is 0 Å². The van der Waals surface area contributed by atoms with Crippen LogP contribution in [0.15, 0.2) is 18.2 Å². The average Bonchev–Trinajstić information content (AvgIpc) is 2.81. The summed E-state index contributed by atoms with van der Waals surface area (Å²) >= 11 is 0. The highest BCUT2D eigenvalue weighted by Crippen LogP contribution is 2.40. The second-order valence-corrected chi connectivity index (χ2v) is 8.10. The van der Waals surface area contributed by atoms with Gasteiger partial charge in [-0.1, -0.05) is 6.07 Å². The van der Waals surface area contributed by atoms with Crippen LogP contribution < -0.4 is 9.47 Å². The van der Waals surface area contributed by atoms with Crippen molar-refractivity contribution in [3.05, 3.63) is 23.8 Å². The van der Waals surface area contributed by atoms with Crippen LogP contribution in [-0.2, 0) is 25.5 Å². The Bertz CT molecular complexity index is 703. The molecule has 0 amide bonds. The average molecular weight is 380 g/mol. The first-order valence-electron chi connectivity index (χ1n) is 8.91. The van der Waals surface area contributed by atoms with Crippen molar-refractivity contribution in [3.8, 4) is 11.5 Å². The summed E-state index contributed by atoms with van der Waals surface area (Å²) in [6.07, 6.45) is -0.986. The highest BCUT2D eigenvalue weighted by atomic mass is 16.7.